The maximum atomic E-state index is 5.47. The van der Waals surface area contributed by atoms with Crippen LogP contribution in [0.3, 0.4) is 0 Å². The fourth-order valence-corrected chi connectivity index (χ4v) is 2.19. The molecule has 110 valence electrons. The summed E-state index contributed by atoms with van der Waals surface area (Å²) in [7, 11) is 5.86. The molecule has 0 amide bonds. The molecule has 0 saturated heterocycles. The van der Waals surface area contributed by atoms with Gasteiger partial charge >= 0.3 is 0 Å². The van der Waals surface area contributed by atoms with Gasteiger partial charge in [-0.25, -0.2) is 0 Å². The summed E-state index contributed by atoms with van der Waals surface area (Å²) in [5.41, 5.74) is 1.15. The van der Waals surface area contributed by atoms with Crippen LogP contribution in [-0.2, 0) is 6.54 Å². The van der Waals surface area contributed by atoms with Crippen LogP contribution in [-0.4, -0.2) is 49.0 Å². The van der Waals surface area contributed by atoms with Gasteiger partial charge in [0.2, 0.25) is 0 Å². The third-order valence-electron chi connectivity index (χ3n) is 3.21. The predicted molar refractivity (Wildman–Crippen MR) is 78.6 cm³/mol. The van der Waals surface area contributed by atoms with Crippen molar-refractivity contribution < 1.29 is 4.74 Å². The van der Waals surface area contributed by atoms with Crippen LogP contribution in [0, 0.1) is 5.92 Å². The van der Waals surface area contributed by atoms with Crippen LogP contribution in [0.4, 0.5) is 0 Å². The van der Waals surface area contributed by atoms with E-state index in [1.54, 1.807) is 7.11 Å². The van der Waals surface area contributed by atoms with Crippen LogP contribution < -0.4 is 10.1 Å². The standard InChI is InChI=1S/C14H28N4O/c1-7-15-13(11(2)3)14-12(19-6)10-16-18(14)9-8-17(4)5/h10-11,13,15H,7-9H2,1-6H3. The summed E-state index contributed by atoms with van der Waals surface area (Å²) in [4.78, 5) is 2.16. The molecule has 0 saturated carbocycles. The second kappa shape index (κ2) is 7.50. The Bertz CT molecular complexity index is 374. The number of likely N-dealkylation sites (N-methyl/N-ethyl adjacent to an activating group) is 1. The molecule has 0 aliphatic heterocycles. The predicted octanol–water partition coefficient (Wildman–Crippen LogP) is 1.76. The first-order valence-electron chi connectivity index (χ1n) is 6.99. The molecule has 0 aromatic carbocycles. The van der Waals surface area contributed by atoms with Gasteiger partial charge in [-0.05, 0) is 26.6 Å². The summed E-state index contributed by atoms with van der Waals surface area (Å²) in [6.45, 7) is 9.34. The lowest BCUT2D eigenvalue weighted by atomic mass is 10.00. The molecule has 1 atom stereocenters. The number of hydrogen-bond acceptors (Lipinski definition) is 4. The van der Waals surface area contributed by atoms with Gasteiger partial charge in [0, 0.05) is 6.54 Å². The molecular formula is C14H28N4O. The average Bonchev–Trinajstić information content (AvgIpc) is 2.75. The van der Waals surface area contributed by atoms with E-state index in [-0.39, 0.29) is 6.04 Å². The van der Waals surface area contributed by atoms with Crippen molar-refractivity contribution in [2.75, 3.05) is 34.3 Å². The van der Waals surface area contributed by atoms with Gasteiger partial charge in [0.1, 0.15) is 0 Å². The molecule has 0 spiro atoms. The normalized spacial score (nSPS) is 13.3. The van der Waals surface area contributed by atoms with Crippen molar-refractivity contribution in [3.8, 4) is 5.75 Å². The van der Waals surface area contributed by atoms with Crippen LogP contribution in [0.2, 0.25) is 0 Å². The summed E-state index contributed by atoms with van der Waals surface area (Å²) in [6, 6.07) is 0.268. The number of nitrogens with one attached hydrogen (secondary N) is 1. The molecule has 1 aromatic heterocycles. The first kappa shape index (κ1) is 16.0. The van der Waals surface area contributed by atoms with E-state index in [1.165, 1.54) is 0 Å². The van der Waals surface area contributed by atoms with E-state index in [4.69, 9.17) is 4.74 Å². The molecule has 1 unspecified atom stereocenters. The van der Waals surface area contributed by atoms with Crippen LogP contribution in [0.25, 0.3) is 0 Å². The molecule has 1 rings (SSSR count). The van der Waals surface area contributed by atoms with Gasteiger partial charge in [-0.2, -0.15) is 5.10 Å². The molecule has 1 N–H and O–H groups in total. The van der Waals surface area contributed by atoms with Crippen LogP contribution >= 0.6 is 0 Å². The van der Waals surface area contributed by atoms with E-state index >= 15 is 0 Å². The van der Waals surface area contributed by atoms with E-state index in [1.807, 2.05) is 6.20 Å². The van der Waals surface area contributed by atoms with Crippen LogP contribution in [0.1, 0.15) is 32.5 Å². The third-order valence-corrected chi connectivity index (χ3v) is 3.21. The highest BCUT2D eigenvalue weighted by atomic mass is 16.5. The molecule has 0 radical (unpaired) electrons. The van der Waals surface area contributed by atoms with Gasteiger partial charge in [-0.3, -0.25) is 4.68 Å². The zero-order chi connectivity index (χ0) is 14.4. The highest BCUT2D eigenvalue weighted by Crippen LogP contribution is 2.29. The highest BCUT2D eigenvalue weighted by molar-refractivity contribution is 5.28. The van der Waals surface area contributed by atoms with Gasteiger partial charge in [-0.15, -0.1) is 0 Å². The largest absolute Gasteiger partial charge is 0.493 e. The molecule has 5 heteroatoms. The number of hydrogen-bond donors (Lipinski definition) is 1. The molecule has 5 nitrogen and oxygen atoms in total. The van der Waals surface area contributed by atoms with E-state index in [2.05, 4.69) is 54.9 Å². The van der Waals surface area contributed by atoms with Crippen LogP contribution in [0.15, 0.2) is 6.20 Å². The summed E-state index contributed by atoms with van der Waals surface area (Å²) < 4.78 is 7.53. The monoisotopic (exact) mass is 268 g/mol. The zero-order valence-corrected chi connectivity index (χ0v) is 13.1. The van der Waals surface area contributed by atoms with Crippen LogP contribution in [0.5, 0.6) is 5.75 Å². The van der Waals surface area contributed by atoms with E-state index in [0.29, 0.717) is 5.92 Å². The quantitative estimate of drug-likeness (QED) is 0.780. The van der Waals surface area contributed by atoms with E-state index in [9.17, 15) is 0 Å². The maximum Gasteiger partial charge on any atom is 0.161 e. The average molecular weight is 268 g/mol. The van der Waals surface area contributed by atoms with Crippen molar-refractivity contribution in [2.24, 2.45) is 5.92 Å². The maximum absolute atomic E-state index is 5.47. The van der Waals surface area contributed by atoms with Crippen molar-refractivity contribution in [1.82, 2.24) is 20.0 Å². The summed E-state index contributed by atoms with van der Waals surface area (Å²) in [5.74, 6) is 1.36. The molecule has 19 heavy (non-hydrogen) atoms. The number of methoxy groups -OCH3 is 1. The summed E-state index contributed by atoms with van der Waals surface area (Å²) >= 11 is 0. The molecule has 0 fully saturated rings. The second-order valence-electron chi connectivity index (χ2n) is 5.40. The van der Waals surface area contributed by atoms with Crippen molar-refractivity contribution in [2.45, 2.75) is 33.4 Å². The summed E-state index contributed by atoms with van der Waals surface area (Å²) in [6.07, 6.45) is 1.82. The lowest BCUT2D eigenvalue weighted by Gasteiger charge is -2.24. The lowest BCUT2D eigenvalue weighted by Crippen LogP contribution is -2.29. The Balaban J connectivity index is 3.02. The smallest absolute Gasteiger partial charge is 0.161 e. The molecular weight excluding hydrogens is 240 g/mol. The van der Waals surface area contributed by atoms with E-state index < -0.39 is 0 Å². The molecule has 0 aliphatic carbocycles. The van der Waals surface area contributed by atoms with Crippen molar-refractivity contribution in [1.29, 1.82) is 0 Å². The number of ether oxygens (including phenoxy) is 1. The second-order valence-corrected chi connectivity index (χ2v) is 5.40. The Hall–Kier alpha value is -1.07. The van der Waals surface area contributed by atoms with Gasteiger partial charge in [0.25, 0.3) is 0 Å². The Morgan fingerprint density at radius 1 is 1.42 bits per heavy atom. The number of nitrogens with zero attached hydrogens (tertiary/aromatic N) is 3. The molecule has 0 bridgehead atoms. The number of rotatable bonds is 8. The Labute approximate surface area is 116 Å². The van der Waals surface area contributed by atoms with Gasteiger partial charge in [-0.1, -0.05) is 20.8 Å². The third kappa shape index (κ3) is 4.21. The first-order chi connectivity index (χ1) is 9.01. The Kier molecular flexibility index (Phi) is 6.31. The SMILES string of the molecule is CCNC(c1c(OC)cnn1CCN(C)C)C(C)C. The van der Waals surface area contributed by atoms with Gasteiger partial charge in [0.15, 0.2) is 5.75 Å². The minimum atomic E-state index is 0.268. The lowest BCUT2D eigenvalue weighted by molar-refractivity contribution is 0.333. The molecule has 1 heterocycles. The zero-order valence-electron chi connectivity index (χ0n) is 13.1. The molecule has 0 aliphatic rings. The highest BCUT2D eigenvalue weighted by Gasteiger charge is 2.23. The summed E-state index contributed by atoms with van der Waals surface area (Å²) in [5, 5.41) is 8.00. The first-order valence-corrected chi connectivity index (χ1v) is 6.99. The minimum absolute atomic E-state index is 0.268. The topological polar surface area (TPSA) is 42.3 Å². The number of aromatic nitrogens is 2. The minimum Gasteiger partial charge on any atom is -0.493 e. The fourth-order valence-electron chi connectivity index (χ4n) is 2.19. The Morgan fingerprint density at radius 3 is 2.58 bits per heavy atom. The van der Waals surface area contributed by atoms with Gasteiger partial charge < -0.3 is 15.0 Å². The molecule has 1 aromatic rings. The Morgan fingerprint density at radius 2 is 2.11 bits per heavy atom. The van der Waals surface area contributed by atoms with Gasteiger partial charge in [0.05, 0.1) is 31.6 Å². The van der Waals surface area contributed by atoms with E-state index in [0.717, 1.165) is 31.1 Å². The van der Waals surface area contributed by atoms with Crippen molar-refractivity contribution >= 4 is 0 Å². The van der Waals surface area contributed by atoms with Crippen molar-refractivity contribution in [3.05, 3.63) is 11.9 Å². The fraction of sp³-hybridized carbons (Fsp3) is 0.786. The van der Waals surface area contributed by atoms with Crippen molar-refractivity contribution in [3.63, 3.8) is 0 Å².